The highest BCUT2D eigenvalue weighted by Gasteiger charge is 2.35. The van der Waals surface area contributed by atoms with Crippen molar-refractivity contribution >= 4 is 19.8 Å². The van der Waals surface area contributed by atoms with Gasteiger partial charge in [-0.2, -0.15) is 0 Å². The molecule has 12 nitrogen and oxygen atoms in total. The van der Waals surface area contributed by atoms with E-state index in [1.54, 1.807) is 12.2 Å². The Morgan fingerprint density at radius 2 is 1.34 bits per heavy atom. The Bertz CT molecular complexity index is 1210. The number of ether oxygens (including phenoxy) is 3. The molecule has 322 valence electrons. The molecule has 6 atom stereocenters. The highest BCUT2D eigenvalue weighted by molar-refractivity contribution is 7.46. The Kier molecular flexibility index (Phi) is 30.9. The zero-order valence-corrected chi connectivity index (χ0v) is 34.9. The third-order valence-electron chi connectivity index (χ3n) is 9.30. The van der Waals surface area contributed by atoms with Crippen LogP contribution in [0.3, 0.4) is 0 Å². The number of hydrogen-bond acceptors (Lipinski definition) is 10. The second-order valence-corrected chi connectivity index (χ2v) is 15.7. The molecule has 1 heterocycles. The maximum absolute atomic E-state index is 12.5. The van der Waals surface area contributed by atoms with E-state index in [0.29, 0.717) is 32.1 Å². The maximum atomic E-state index is 12.5. The molecule has 0 aromatic heterocycles. The molecule has 1 aliphatic heterocycles. The number of phosphoric acid groups is 1. The molecule has 56 heavy (non-hydrogen) atoms. The standard InChI is InChI=1S/C43H73O12P/c1-3-5-7-8-9-10-11-12-13-14-15-16-17-18-19-20-25-29-41(46)52-34-37(35-53-56(49,50)51)54-42(47)30-26-22-21-24-28-38-39(45)33-43(48)55-40(38)32-31-36(44)27-23-6-4-2/h9-10,12-13,15-16,21,24,31-32,36-40,43-45,48H,3-8,11,14,17-20,22-23,25-30,33-35H2,1-2H3,(H2,49,50,51)/b10-9-,13-12-,16-15-,24-21-,32-31+/t36-,37+,38-,39-,40+,43?/m0/s1. The van der Waals surface area contributed by atoms with Crippen LogP contribution < -0.4 is 0 Å². The molecule has 0 spiro atoms. The number of esters is 2. The normalized spacial score (nSPS) is 20.6. The van der Waals surface area contributed by atoms with Crippen molar-refractivity contribution in [1.29, 1.82) is 0 Å². The number of unbranched alkanes of at least 4 members (excludes halogenated alkanes) is 10. The first kappa shape index (κ1) is 51.6. The summed E-state index contributed by atoms with van der Waals surface area (Å²) >= 11 is 0. The molecule has 1 fully saturated rings. The van der Waals surface area contributed by atoms with Gasteiger partial charge >= 0.3 is 19.8 Å². The number of phosphoric ester groups is 1. The summed E-state index contributed by atoms with van der Waals surface area (Å²) in [6, 6.07) is 0. The van der Waals surface area contributed by atoms with Crippen molar-refractivity contribution in [3.63, 3.8) is 0 Å². The molecule has 0 bridgehead atoms. The molecule has 13 heteroatoms. The number of carbonyl (C=O) groups excluding carboxylic acids is 2. The lowest BCUT2D eigenvalue weighted by Gasteiger charge is -2.36. The molecule has 0 aromatic rings. The number of aliphatic hydroxyl groups excluding tert-OH is 3. The van der Waals surface area contributed by atoms with Crippen LogP contribution in [0.5, 0.6) is 0 Å². The van der Waals surface area contributed by atoms with Crippen molar-refractivity contribution < 1.29 is 58.0 Å². The summed E-state index contributed by atoms with van der Waals surface area (Å²) in [5, 5.41) is 30.8. The molecular weight excluding hydrogens is 739 g/mol. The summed E-state index contributed by atoms with van der Waals surface area (Å²) in [6.45, 7) is 3.29. The lowest BCUT2D eigenvalue weighted by Crippen LogP contribution is -2.43. The van der Waals surface area contributed by atoms with Crippen LogP contribution in [-0.4, -0.2) is 81.0 Å². The minimum absolute atomic E-state index is 0.01000. The third-order valence-corrected chi connectivity index (χ3v) is 9.79. The molecule has 0 aromatic carbocycles. The molecule has 0 amide bonds. The SMILES string of the molecule is CCCCC/C=C\C/C=C\C/C=C\CCCCCCC(=O)OC[C@H](COP(=O)(O)O)OC(=O)CCC/C=C\C[C@H]1[C@@H](O)CC(O)O[C@@H]1/C=C/[C@@H](O)CCCCC. The van der Waals surface area contributed by atoms with E-state index in [4.69, 9.17) is 24.0 Å². The van der Waals surface area contributed by atoms with E-state index in [1.807, 2.05) is 12.2 Å². The number of carbonyl (C=O) groups is 2. The van der Waals surface area contributed by atoms with Crippen molar-refractivity contribution in [1.82, 2.24) is 0 Å². The summed E-state index contributed by atoms with van der Waals surface area (Å²) in [6.07, 6.45) is 32.7. The molecule has 1 saturated heterocycles. The van der Waals surface area contributed by atoms with E-state index in [-0.39, 0.29) is 31.8 Å². The second-order valence-electron chi connectivity index (χ2n) is 14.5. The van der Waals surface area contributed by atoms with Crippen LogP contribution in [0, 0.1) is 5.92 Å². The zero-order valence-electron chi connectivity index (χ0n) is 34.0. The van der Waals surface area contributed by atoms with Gasteiger partial charge in [0.1, 0.15) is 6.61 Å². The summed E-state index contributed by atoms with van der Waals surface area (Å²) in [5.41, 5.74) is 0. The van der Waals surface area contributed by atoms with Crippen molar-refractivity contribution in [2.75, 3.05) is 13.2 Å². The fourth-order valence-electron chi connectivity index (χ4n) is 6.06. The van der Waals surface area contributed by atoms with E-state index < -0.39 is 57.1 Å². The van der Waals surface area contributed by atoms with Crippen LogP contribution in [0.4, 0.5) is 0 Å². The molecule has 0 saturated carbocycles. The van der Waals surface area contributed by atoms with Gasteiger partial charge in [0, 0.05) is 25.2 Å². The molecule has 5 N–H and O–H groups in total. The molecule has 0 radical (unpaired) electrons. The van der Waals surface area contributed by atoms with Gasteiger partial charge in [0.15, 0.2) is 12.4 Å². The molecule has 1 aliphatic rings. The quantitative estimate of drug-likeness (QED) is 0.0184. The predicted molar refractivity (Wildman–Crippen MR) is 219 cm³/mol. The van der Waals surface area contributed by atoms with Gasteiger partial charge in [0.05, 0.1) is 24.9 Å². The van der Waals surface area contributed by atoms with E-state index >= 15 is 0 Å². The minimum Gasteiger partial charge on any atom is -0.462 e. The van der Waals surface area contributed by atoms with Gasteiger partial charge < -0.3 is 39.3 Å². The van der Waals surface area contributed by atoms with E-state index in [0.717, 1.165) is 64.2 Å². The smallest absolute Gasteiger partial charge is 0.462 e. The molecule has 1 rings (SSSR count). The zero-order chi connectivity index (χ0) is 41.3. The summed E-state index contributed by atoms with van der Waals surface area (Å²) in [5.74, 6) is -1.44. The number of allylic oxidation sites excluding steroid dienone is 8. The fourth-order valence-corrected chi connectivity index (χ4v) is 6.43. The van der Waals surface area contributed by atoms with Gasteiger partial charge in [-0.25, -0.2) is 4.57 Å². The van der Waals surface area contributed by atoms with Gasteiger partial charge in [-0.15, -0.1) is 0 Å². The lowest BCUT2D eigenvalue weighted by atomic mass is 9.87. The van der Waals surface area contributed by atoms with Crippen molar-refractivity contribution in [3.8, 4) is 0 Å². The first-order chi connectivity index (χ1) is 26.9. The summed E-state index contributed by atoms with van der Waals surface area (Å²) in [4.78, 5) is 43.1. The van der Waals surface area contributed by atoms with Crippen LogP contribution in [0.25, 0.3) is 0 Å². The second kappa shape index (κ2) is 33.6. The molecular formula is C43H73O12P. The highest BCUT2D eigenvalue weighted by atomic mass is 31.2. The lowest BCUT2D eigenvalue weighted by molar-refractivity contribution is -0.199. The monoisotopic (exact) mass is 812 g/mol. The fraction of sp³-hybridized carbons (Fsp3) is 0.721. The maximum Gasteiger partial charge on any atom is 0.469 e. The van der Waals surface area contributed by atoms with Crippen molar-refractivity contribution in [2.24, 2.45) is 5.92 Å². The van der Waals surface area contributed by atoms with E-state index in [1.165, 1.54) is 19.3 Å². The van der Waals surface area contributed by atoms with Crippen LogP contribution in [0.2, 0.25) is 0 Å². The summed E-state index contributed by atoms with van der Waals surface area (Å²) in [7, 11) is -4.84. The van der Waals surface area contributed by atoms with E-state index in [2.05, 4.69) is 54.8 Å². The Balaban J connectivity index is 2.35. The van der Waals surface area contributed by atoms with Crippen molar-refractivity contribution in [2.45, 2.75) is 179 Å². The third kappa shape index (κ3) is 29.8. The van der Waals surface area contributed by atoms with E-state index in [9.17, 15) is 29.5 Å². The van der Waals surface area contributed by atoms with Crippen molar-refractivity contribution in [3.05, 3.63) is 60.8 Å². The molecule has 1 unspecified atom stereocenters. The Morgan fingerprint density at radius 1 is 0.750 bits per heavy atom. The van der Waals surface area contributed by atoms with Gasteiger partial charge in [-0.3, -0.25) is 14.1 Å². The van der Waals surface area contributed by atoms with Gasteiger partial charge in [-0.05, 0) is 70.6 Å². The number of aliphatic hydroxyl groups is 3. The van der Waals surface area contributed by atoms with Gasteiger partial charge in [-0.1, -0.05) is 120 Å². The first-order valence-corrected chi connectivity index (χ1v) is 22.5. The molecule has 0 aliphatic carbocycles. The summed E-state index contributed by atoms with van der Waals surface area (Å²) < 4.78 is 32.0. The van der Waals surface area contributed by atoms with Crippen LogP contribution in [0.1, 0.15) is 149 Å². The largest absolute Gasteiger partial charge is 0.469 e. The number of hydrogen-bond donors (Lipinski definition) is 5. The Morgan fingerprint density at radius 3 is 2.02 bits per heavy atom. The number of rotatable bonds is 33. The average molecular weight is 813 g/mol. The van der Waals surface area contributed by atoms with Crippen LogP contribution >= 0.6 is 7.82 Å². The van der Waals surface area contributed by atoms with Crippen LogP contribution in [-0.2, 0) is 32.9 Å². The Labute approximate surface area is 336 Å². The topological polar surface area (TPSA) is 189 Å². The van der Waals surface area contributed by atoms with Gasteiger partial charge in [0.25, 0.3) is 0 Å². The first-order valence-electron chi connectivity index (χ1n) is 21.0. The predicted octanol–water partition coefficient (Wildman–Crippen LogP) is 8.62. The van der Waals surface area contributed by atoms with Crippen LogP contribution in [0.15, 0.2) is 60.8 Å². The highest BCUT2D eigenvalue weighted by Crippen LogP contribution is 2.36. The Hall–Kier alpha value is -2.41. The average Bonchev–Trinajstić information content (AvgIpc) is 3.14. The minimum atomic E-state index is -4.84. The van der Waals surface area contributed by atoms with Gasteiger partial charge in [0.2, 0.25) is 0 Å².